The van der Waals surface area contributed by atoms with Crippen LogP contribution in [0.15, 0.2) is 35.8 Å². The molecule has 0 amide bonds. The van der Waals surface area contributed by atoms with Gasteiger partial charge in [0.2, 0.25) is 0 Å². The quantitative estimate of drug-likeness (QED) is 0.769. The summed E-state index contributed by atoms with van der Waals surface area (Å²) >= 11 is 0. The number of nitrogens with zero attached hydrogens (tertiary/aromatic N) is 4. The zero-order chi connectivity index (χ0) is 13.0. The van der Waals surface area contributed by atoms with Crippen LogP contribution in [0, 0.1) is 34.0 Å². The molecule has 6 heteroatoms. The summed E-state index contributed by atoms with van der Waals surface area (Å²) in [4.78, 5) is 7.03. The Labute approximate surface area is 102 Å². The first-order valence-corrected chi connectivity index (χ1v) is 4.94. The molecule has 6 nitrogen and oxygen atoms in total. The molecule has 0 spiro atoms. The topological polar surface area (TPSA) is 112 Å². The maximum absolute atomic E-state index is 8.94. The fraction of sp³-hybridized carbons (Fsp3) is 0. The highest BCUT2D eigenvalue weighted by Crippen LogP contribution is 2.21. The van der Waals surface area contributed by atoms with Gasteiger partial charge in [-0.25, -0.2) is 4.98 Å². The van der Waals surface area contributed by atoms with E-state index in [9.17, 15) is 0 Å². The van der Waals surface area contributed by atoms with Gasteiger partial charge in [-0.2, -0.15) is 15.8 Å². The van der Waals surface area contributed by atoms with Crippen molar-refractivity contribution >= 4 is 16.7 Å². The molecule has 1 aromatic carbocycles. The largest absolute Gasteiger partial charge is 0.345 e. The van der Waals surface area contributed by atoms with Crippen molar-refractivity contribution in [2.75, 3.05) is 5.32 Å². The van der Waals surface area contributed by atoms with Crippen LogP contribution in [-0.2, 0) is 0 Å². The van der Waals surface area contributed by atoms with Gasteiger partial charge in [-0.1, -0.05) is 6.07 Å². The van der Waals surface area contributed by atoms with Crippen molar-refractivity contribution < 1.29 is 0 Å². The molecule has 0 fully saturated rings. The van der Waals surface area contributed by atoms with Gasteiger partial charge in [-0.05, 0) is 12.1 Å². The van der Waals surface area contributed by atoms with E-state index in [1.165, 1.54) is 6.33 Å². The summed E-state index contributed by atoms with van der Waals surface area (Å²) in [6, 6.07) is 10.5. The van der Waals surface area contributed by atoms with Crippen LogP contribution in [0.1, 0.15) is 0 Å². The molecule has 84 valence electrons. The van der Waals surface area contributed by atoms with Gasteiger partial charge in [0.25, 0.3) is 0 Å². The molecule has 0 atom stereocenters. The minimum Gasteiger partial charge on any atom is -0.345 e. The molecule has 0 unspecified atom stereocenters. The van der Waals surface area contributed by atoms with Gasteiger partial charge in [-0.3, -0.25) is 0 Å². The third kappa shape index (κ3) is 1.84. The molecule has 2 rings (SSSR count). The highest BCUT2D eigenvalue weighted by Gasteiger charge is 2.09. The number of nitriles is 3. The van der Waals surface area contributed by atoms with Crippen LogP contribution in [0.5, 0.6) is 0 Å². The number of para-hydroxylation sites is 1. The Morgan fingerprint density at radius 3 is 2.61 bits per heavy atom. The Morgan fingerprint density at radius 2 is 1.94 bits per heavy atom. The van der Waals surface area contributed by atoms with Crippen molar-refractivity contribution in [3.63, 3.8) is 0 Å². The minimum atomic E-state index is -0.259. The third-order valence-corrected chi connectivity index (χ3v) is 2.29. The van der Waals surface area contributed by atoms with Crippen molar-refractivity contribution in [1.82, 2.24) is 9.97 Å². The lowest BCUT2D eigenvalue weighted by atomic mass is 10.2. The van der Waals surface area contributed by atoms with E-state index < -0.39 is 0 Å². The van der Waals surface area contributed by atoms with E-state index in [0.717, 1.165) is 5.52 Å². The summed E-state index contributed by atoms with van der Waals surface area (Å²) in [5.41, 5.74) is 1.65. The van der Waals surface area contributed by atoms with Gasteiger partial charge in [0, 0.05) is 0 Å². The number of hydrogen-bond acceptors (Lipinski definition) is 5. The van der Waals surface area contributed by atoms with E-state index in [-0.39, 0.29) is 11.3 Å². The van der Waals surface area contributed by atoms with Crippen molar-refractivity contribution in [2.45, 2.75) is 0 Å². The number of H-pyrrole nitrogens is 1. The molecular weight excluding hydrogens is 228 g/mol. The first kappa shape index (κ1) is 11.2. The molecule has 0 aliphatic heterocycles. The number of aromatic amines is 1. The summed E-state index contributed by atoms with van der Waals surface area (Å²) in [6.07, 6.45) is 1.53. The summed E-state index contributed by atoms with van der Waals surface area (Å²) in [6.45, 7) is 0. The Kier molecular flexibility index (Phi) is 2.92. The molecule has 1 aromatic heterocycles. The summed E-state index contributed by atoms with van der Waals surface area (Å²) < 4.78 is 0. The fourth-order valence-corrected chi connectivity index (χ4v) is 1.48. The van der Waals surface area contributed by atoms with E-state index in [4.69, 9.17) is 15.8 Å². The lowest BCUT2D eigenvalue weighted by Crippen LogP contribution is -2.01. The predicted octanol–water partition coefficient (Wildman–Crippen LogP) is 1.80. The van der Waals surface area contributed by atoms with Gasteiger partial charge < -0.3 is 10.3 Å². The third-order valence-electron chi connectivity index (χ3n) is 2.29. The second kappa shape index (κ2) is 4.69. The predicted molar refractivity (Wildman–Crippen MR) is 63.6 cm³/mol. The minimum absolute atomic E-state index is 0.0875. The lowest BCUT2D eigenvalue weighted by molar-refractivity contribution is 1.34. The molecule has 18 heavy (non-hydrogen) atoms. The Morgan fingerprint density at radius 1 is 1.17 bits per heavy atom. The average Bonchev–Trinajstić information content (AvgIpc) is 2.88. The van der Waals surface area contributed by atoms with Crippen molar-refractivity contribution in [3.05, 3.63) is 35.8 Å². The van der Waals surface area contributed by atoms with Gasteiger partial charge >= 0.3 is 0 Å². The fourth-order valence-electron chi connectivity index (χ4n) is 1.48. The molecule has 0 saturated carbocycles. The number of rotatable bonds is 2. The van der Waals surface area contributed by atoms with Gasteiger partial charge in [-0.15, -0.1) is 0 Å². The van der Waals surface area contributed by atoms with E-state index in [1.807, 2.05) is 6.07 Å². The molecular formula is C12H6N6. The van der Waals surface area contributed by atoms with Crippen molar-refractivity contribution in [1.29, 1.82) is 15.8 Å². The number of allylic oxidation sites excluding steroid dienone is 2. The Hall–Kier alpha value is -3.30. The van der Waals surface area contributed by atoms with Crippen LogP contribution in [0.2, 0.25) is 0 Å². The monoisotopic (exact) mass is 234 g/mol. The molecule has 2 N–H and O–H groups in total. The zero-order valence-corrected chi connectivity index (χ0v) is 9.10. The number of nitrogens with one attached hydrogen (secondary N) is 2. The van der Waals surface area contributed by atoms with Gasteiger partial charge in [0.15, 0.2) is 5.57 Å². The lowest BCUT2D eigenvalue weighted by Gasteiger charge is -2.04. The molecule has 0 aliphatic carbocycles. The van der Waals surface area contributed by atoms with E-state index in [1.54, 1.807) is 30.3 Å². The number of anilines is 1. The van der Waals surface area contributed by atoms with Crippen LogP contribution in [-0.4, -0.2) is 9.97 Å². The van der Waals surface area contributed by atoms with Crippen LogP contribution >= 0.6 is 0 Å². The first-order chi connectivity index (χ1) is 8.80. The van der Waals surface area contributed by atoms with Crippen LogP contribution in [0.4, 0.5) is 5.69 Å². The van der Waals surface area contributed by atoms with Crippen molar-refractivity contribution in [3.8, 4) is 18.2 Å². The molecule has 0 bridgehead atoms. The summed E-state index contributed by atoms with van der Waals surface area (Å²) in [5, 5.41) is 29.2. The number of benzene rings is 1. The van der Waals surface area contributed by atoms with Gasteiger partial charge in [0.05, 0.1) is 17.5 Å². The molecule has 0 radical (unpaired) electrons. The average molecular weight is 234 g/mol. The van der Waals surface area contributed by atoms with Crippen LogP contribution in [0.25, 0.3) is 11.0 Å². The van der Waals surface area contributed by atoms with Crippen LogP contribution < -0.4 is 5.32 Å². The van der Waals surface area contributed by atoms with Crippen molar-refractivity contribution in [2.24, 2.45) is 0 Å². The normalized spacial score (nSPS) is 8.94. The van der Waals surface area contributed by atoms with E-state index in [2.05, 4.69) is 15.3 Å². The SMILES string of the molecule is N#CC(C#N)=C(C#N)Nc1cccc2[nH]cnc12. The number of fused-ring (bicyclic) bond motifs is 1. The Bertz CT molecular complexity index is 731. The summed E-state index contributed by atoms with van der Waals surface area (Å²) in [5.74, 6) is 0. The highest BCUT2D eigenvalue weighted by molar-refractivity contribution is 5.89. The molecule has 1 heterocycles. The van der Waals surface area contributed by atoms with Gasteiger partial charge in [0.1, 0.15) is 29.4 Å². The van der Waals surface area contributed by atoms with Crippen LogP contribution in [0.3, 0.4) is 0 Å². The second-order valence-corrected chi connectivity index (χ2v) is 3.31. The number of aromatic nitrogens is 2. The number of hydrogen-bond donors (Lipinski definition) is 2. The maximum Gasteiger partial charge on any atom is 0.163 e. The molecule has 0 aliphatic rings. The maximum atomic E-state index is 8.94. The first-order valence-electron chi connectivity index (χ1n) is 4.94. The molecule has 0 saturated heterocycles. The smallest absolute Gasteiger partial charge is 0.163 e. The molecule has 2 aromatic rings. The number of imidazole rings is 1. The highest BCUT2D eigenvalue weighted by atomic mass is 14.9. The van der Waals surface area contributed by atoms with E-state index >= 15 is 0 Å². The standard InChI is InChI=1S/C12H6N6/c13-4-8(5-14)11(6-15)18-10-3-1-2-9-12(10)17-7-16-9/h1-3,7,18H,(H,16,17). The summed E-state index contributed by atoms with van der Waals surface area (Å²) in [7, 11) is 0. The Balaban J connectivity index is 2.50. The van der Waals surface area contributed by atoms with E-state index in [0.29, 0.717) is 11.2 Å². The second-order valence-electron chi connectivity index (χ2n) is 3.31. The zero-order valence-electron chi connectivity index (χ0n) is 9.10.